The molecule has 0 aliphatic carbocycles. The Labute approximate surface area is 104 Å². The second-order valence-corrected chi connectivity index (χ2v) is 4.58. The molecule has 98 valence electrons. The van der Waals surface area contributed by atoms with Crippen molar-refractivity contribution in [3.63, 3.8) is 0 Å². The molecule has 4 N–H and O–H groups in total. The van der Waals surface area contributed by atoms with Crippen molar-refractivity contribution in [3.05, 3.63) is 0 Å². The van der Waals surface area contributed by atoms with E-state index in [0.717, 1.165) is 12.8 Å². The van der Waals surface area contributed by atoms with Gasteiger partial charge >= 0.3 is 0 Å². The predicted octanol–water partition coefficient (Wildman–Crippen LogP) is 1.06. The van der Waals surface area contributed by atoms with Crippen molar-refractivity contribution in [2.75, 3.05) is 6.54 Å². The molecule has 0 rings (SSSR count). The number of halogens is 1. The second-order valence-electron chi connectivity index (χ2n) is 4.58. The van der Waals surface area contributed by atoms with Crippen LogP contribution in [-0.2, 0) is 4.79 Å². The monoisotopic (exact) mass is 252 g/mol. The summed E-state index contributed by atoms with van der Waals surface area (Å²) in [5.41, 5.74) is 4.73. The van der Waals surface area contributed by atoms with E-state index in [1.54, 1.807) is 13.8 Å². The second kappa shape index (κ2) is 7.87. The number of hydrogen-bond acceptors (Lipinski definition) is 3. The fourth-order valence-corrected chi connectivity index (χ4v) is 1.42. The molecule has 4 nitrogen and oxygen atoms in total. The van der Waals surface area contributed by atoms with E-state index in [4.69, 9.17) is 5.73 Å². The van der Waals surface area contributed by atoms with E-state index < -0.39 is 11.6 Å². The van der Waals surface area contributed by atoms with Crippen LogP contribution in [0.4, 0.5) is 0 Å². The van der Waals surface area contributed by atoms with Gasteiger partial charge in [0.1, 0.15) is 0 Å². The molecule has 0 spiro atoms. The first-order valence-corrected chi connectivity index (χ1v) is 5.58. The summed E-state index contributed by atoms with van der Waals surface area (Å²) in [6, 6.07) is 0. The number of amides is 1. The fourth-order valence-electron chi connectivity index (χ4n) is 1.42. The molecule has 0 aliphatic rings. The van der Waals surface area contributed by atoms with Crippen molar-refractivity contribution in [2.45, 2.75) is 52.2 Å². The van der Waals surface area contributed by atoms with Crippen LogP contribution < -0.4 is 11.1 Å². The Morgan fingerprint density at radius 2 is 1.81 bits per heavy atom. The summed E-state index contributed by atoms with van der Waals surface area (Å²) in [6.45, 7) is 7.64. The Kier molecular flexibility index (Phi) is 8.88. The summed E-state index contributed by atoms with van der Waals surface area (Å²) in [6.07, 6.45) is 1.35. The summed E-state index contributed by atoms with van der Waals surface area (Å²) in [5, 5.41) is 12.4. The third-order valence-electron chi connectivity index (χ3n) is 2.65. The molecule has 0 saturated carbocycles. The molecule has 1 unspecified atom stereocenters. The summed E-state index contributed by atoms with van der Waals surface area (Å²) in [7, 11) is 0. The van der Waals surface area contributed by atoms with Crippen LogP contribution in [0.3, 0.4) is 0 Å². The standard InChI is InChI=1S/C11H24N2O2.ClH/c1-5-8(6-2)9(14)7-13-10(15)11(3,4)12;/h8-9,14H,5-7,12H2,1-4H3,(H,13,15);1H. The zero-order chi connectivity index (χ0) is 12.1. The van der Waals surface area contributed by atoms with Crippen LogP contribution in [-0.4, -0.2) is 29.2 Å². The van der Waals surface area contributed by atoms with E-state index in [1.807, 2.05) is 13.8 Å². The number of hydrogen-bond donors (Lipinski definition) is 3. The van der Waals surface area contributed by atoms with Gasteiger partial charge in [-0.05, 0) is 19.8 Å². The van der Waals surface area contributed by atoms with Crippen molar-refractivity contribution >= 4 is 18.3 Å². The van der Waals surface area contributed by atoms with Gasteiger partial charge < -0.3 is 16.2 Å². The number of aliphatic hydroxyl groups excluding tert-OH is 1. The topological polar surface area (TPSA) is 75.3 Å². The van der Waals surface area contributed by atoms with E-state index in [2.05, 4.69) is 5.32 Å². The highest BCUT2D eigenvalue weighted by atomic mass is 35.5. The highest BCUT2D eigenvalue weighted by molar-refractivity contribution is 5.85. The molecule has 16 heavy (non-hydrogen) atoms. The van der Waals surface area contributed by atoms with Gasteiger partial charge in [0.15, 0.2) is 0 Å². The van der Waals surface area contributed by atoms with Gasteiger partial charge in [0, 0.05) is 6.54 Å². The lowest BCUT2D eigenvalue weighted by Crippen LogP contribution is -2.51. The predicted molar refractivity (Wildman–Crippen MR) is 68.6 cm³/mol. The van der Waals surface area contributed by atoms with E-state index in [9.17, 15) is 9.90 Å². The highest BCUT2D eigenvalue weighted by Crippen LogP contribution is 2.12. The SMILES string of the molecule is CCC(CC)C(O)CNC(=O)C(C)(C)N.Cl. The van der Waals surface area contributed by atoms with E-state index in [-0.39, 0.29) is 30.8 Å². The minimum atomic E-state index is -0.881. The number of nitrogens with one attached hydrogen (secondary N) is 1. The minimum absolute atomic E-state index is 0. The molecule has 1 atom stereocenters. The maximum absolute atomic E-state index is 11.4. The van der Waals surface area contributed by atoms with E-state index >= 15 is 0 Å². The van der Waals surface area contributed by atoms with Gasteiger partial charge in [-0.2, -0.15) is 0 Å². The largest absolute Gasteiger partial charge is 0.391 e. The van der Waals surface area contributed by atoms with Gasteiger partial charge in [-0.3, -0.25) is 4.79 Å². The van der Waals surface area contributed by atoms with Gasteiger partial charge in [-0.15, -0.1) is 12.4 Å². The maximum Gasteiger partial charge on any atom is 0.239 e. The molecule has 1 amide bonds. The van der Waals surface area contributed by atoms with Crippen molar-refractivity contribution in [2.24, 2.45) is 11.7 Å². The van der Waals surface area contributed by atoms with E-state index in [1.165, 1.54) is 0 Å². The molecular formula is C11H25ClN2O2. The molecule has 0 heterocycles. The summed E-state index contributed by atoms with van der Waals surface area (Å²) >= 11 is 0. The third-order valence-corrected chi connectivity index (χ3v) is 2.65. The Morgan fingerprint density at radius 1 is 1.38 bits per heavy atom. The van der Waals surface area contributed by atoms with Crippen molar-refractivity contribution in [1.82, 2.24) is 5.32 Å². The van der Waals surface area contributed by atoms with Gasteiger partial charge in [-0.25, -0.2) is 0 Å². The first kappa shape index (κ1) is 18.1. The van der Waals surface area contributed by atoms with Crippen LogP contribution >= 0.6 is 12.4 Å². The highest BCUT2D eigenvalue weighted by Gasteiger charge is 2.23. The molecule has 0 radical (unpaired) electrons. The summed E-state index contributed by atoms with van der Waals surface area (Å²) < 4.78 is 0. The first-order valence-electron chi connectivity index (χ1n) is 5.58. The lowest BCUT2D eigenvalue weighted by atomic mass is 9.96. The normalized spacial score (nSPS) is 13.2. The van der Waals surface area contributed by atoms with Crippen molar-refractivity contribution in [3.8, 4) is 0 Å². The van der Waals surface area contributed by atoms with Crippen LogP contribution in [0, 0.1) is 5.92 Å². The summed E-state index contributed by atoms with van der Waals surface area (Å²) in [5.74, 6) is 0.0127. The Morgan fingerprint density at radius 3 is 2.12 bits per heavy atom. The number of nitrogens with two attached hydrogens (primary N) is 1. The number of carbonyl (C=O) groups excluding carboxylic acids is 1. The van der Waals surface area contributed by atoms with Gasteiger partial charge in [0.2, 0.25) is 5.91 Å². The molecule has 0 fully saturated rings. The Hall–Kier alpha value is -0.320. The van der Waals surface area contributed by atoms with Crippen LogP contribution in [0.5, 0.6) is 0 Å². The number of aliphatic hydroxyl groups is 1. The molecular weight excluding hydrogens is 228 g/mol. The van der Waals surface area contributed by atoms with Crippen LogP contribution in [0.15, 0.2) is 0 Å². The maximum atomic E-state index is 11.4. The number of rotatable bonds is 6. The number of carbonyl (C=O) groups is 1. The molecule has 0 bridgehead atoms. The third kappa shape index (κ3) is 6.30. The summed E-state index contributed by atoms with van der Waals surface area (Å²) in [4.78, 5) is 11.4. The molecule has 0 aromatic carbocycles. The Balaban J connectivity index is 0. The fraction of sp³-hybridized carbons (Fsp3) is 0.909. The average molecular weight is 253 g/mol. The molecule has 0 aromatic rings. The van der Waals surface area contributed by atoms with E-state index in [0.29, 0.717) is 0 Å². The lowest BCUT2D eigenvalue weighted by Gasteiger charge is -2.23. The van der Waals surface area contributed by atoms with Crippen molar-refractivity contribution < 1.29 is 9.90 Å². The first-order chi connectivity index (χ1) is 6.82. The van der Waals surface area contributed by atoms with Crippen LogP contribution in [0.1, 0.15) is 40.5 Å². The molecule has 0 aromatic heterocycles. The molecule has 5 heteroatoms. The lowest BCUT2D eigenvalue weighted by molar-refractivity contribution is -0.125. The van der Waals surface area contributed by atoms with Crippen LogP contribution in [0.25, 0.3) is 0 Å². The zero-order valence-corrected chi connectivity index (χ0v) is 11.4. The van der Waals surface area contributed by atoms with Crippen molar-refractivity contribution in [1.29, 1.82) is 0 Å². The van der Waals surface area contributed by atoms with Crippen LogP contribution in [0.2, 0.25) is 0 Å². The van der Waals surface area contributed by atoms with Gasteiger partial charge in [0.05, 0.1) is 11.6 Å². The van der Waals surface area contributed by atoms with Gasteiger partial charge in [-0.1, -0.05) is 26.7 Å². The average Bonchev–Trinajstić information content (AvgIpc) is 2.14. The Bertz CT molecular complexity index is 201. The molecule has 0 saturated heterocycles. The zero-order valence-electron chi connectivity index (χ0n) is 10.6. The quantitative estimate of drug-likeness (QED) is 0.662. The smallest absolute Gasteiger partial charge is 0.239 e. The minimum Gasteiger partial charge on any atom is -0.391 e. The van der Waals surface area contributed by atoms with Gasteiger partial charge in [0.25, 0.3) is 0 Å². The molecule has 0 aliphatic heterocycles.